The van der Waals surface area contributed by atoms with E-state index >= 15 is 0 Å². The Morgan fingerprint density at radius 1 is 1.44 bits per heavy atom. The van der Waals surface area contributed by atoms with Crippen LogP contribution in [0.15, 0.2) is 24.4 Å². The van der Waals surface area contributed by atoms with Gasteiger partial charge in [0.05, 0.1) is 11.9 Å². The predicted octanol–water partition coefficient (Wildman–Crippen LogP) is 0.881. The van der Waals surface area contributed by atoms with Gasteiger partial charge in [0.2, 0.25) is 5.91 Å². The minimum Gasteiger partial charge on any atom is -0.506 e. The highest BCUT2D eigenvalue weighted by Crippen LogP contribution is 2.26. The Hall–Kier alpha value is -2.01. The second-order valence-electron chi connectivity index (χ2n) is 4.18. The van der Waals surface area contributed by atoms with Crippen molar-refractivity contribution in [1.82, 2.24) is 10.3 Å². The number of phenolic OH excluding ortho intramolecular Hbond substituents is 1. The van der Waals surface area contributed by atoms with Crippen molar-refractivity contribution in [2.24, 2.45) is 5.73 Å². The van der Waals surface area contributed by atoms with Crippen molar-refractivity contribution < 1.29 is 9.90 Å². The molecule has 1 aromatic carbocycles. The predicted molar refractivity (Wildman–Crippen MR) is 70.3 cm³/mol. The highest BCUT2D eigenvalue weighted by atomic mass is 16.3. The smallest absolute Gasteiger partial charge is 0.224 e. The van der Waals surface area contributed by atoms with Crippen LogP contribution in [0, 0.1) is 0 Å². The summed E-state index contributed by atoms with van der Waals surface area (Å²) in [5.74, 6) is 0.162. The number of fused-ring (bicyclic) bond motifs is 1. The van der Waals surface area contributed by atoms with E-state index in [4.69, 9.17) is 5.73 Å². The molecule has 2 aromatic rings. The summed E-state index contributed by atoms with van der Waals surface area (Å²) in [7, 11) is 0. The molecule has 2 rings (SSSR count). The van der Waals surface area contributed by atoms with Gasteiger partial charge in [0.15, 0.2) is 0 Å². The molecule has 0 atom stereocenters. The van der Waals surface area contributed by atoms with E-state index in [2.05, 4.69) is 10.3 Å². The van der Waals surface area contributed by atoms with Crippen molar-refractivity contribution in [2.45, 2.75) is 12.8 Å². The van der Waals surface area contributed by atoms with E-state index in [-0.39, 0.29) is 11.7 Å². The Balaban J connectivity index is 2.08. The molecule has 1 heterocycles. The maximum absolute atomic E-state index is 11.7. The van der Waals surface area contributed by atoms with E-state index < -0.39 is 0 Å². The largest absolute Gasteiger partial charge is 0.506 e. The summed E-state index contributed by atoms with van der Waals surface area (Å²) in [6, 6.07) is 5.26. The van der Waals surface area contributed by atoms with Crippen LogP contribution in [0.3, 0.4) is 0 Å². The minimum absolute atomic E-state index is 0.0345. The molecule has 0 spiro atoms. The fourth-order valence-corrected chi connectivity index (χ4v) is 1.91. The highest BCUT2D eigenvalue weighted by molar-refractivity contribution is 5.91. The maximum Gasteiger partial charge on any atom is 0.224 e. The number of para-hydroxylation sites is 1. The van der Waals surface area contributed by atoms with Gasteiger partial charge in [-0.2, -0.15) is 0 Å². The third-order valence-corrected chi connectivity index (χ3v) is 2.83. The highest BCUT2D eigenvalue weighted by Gasteiger charge is 2.10. The summed E-state index contributed by atoms with van der Waals surface area (Å²) >= 11 is 0. The standard InChI is InChI=1S/C13H17N3O2/c14-5-2-6-15-12(18)7-9-8-16-13-10(9)3-1-4-11(13)17/h1,3-4,8,16-17H,2,5-7,14H2,(H,15,18). The fourth-order valence-electron chi connectivity index (χ4n) is 1.91. The molecule has 1 aromatic heterocycles. The van der Waals surface area contributed by atoms with Crippen molar-refractivity contribution in [3.8, 4) is 5.75 Å². The average Bonchev–Trinajstić information content (AvgIpc) is 2.74. The summed E-state index contributed by atoms with van der Waals surface area (Å²) < 4.78 is 0. The number of H-pyrrole nitrogens is 1. The lowest BCUT2D eigenvalue weighted by molar-refractivity contribution is -0.120. The van der Waals surface area contributed by atoms with Crippen LogP contribution < -0.4 is 11.1 Å². The van der Waals surface area contributed by atoms with Crippen molar-refractivity contribution in [1.29, 1.82) is 0 Å². The second-order valence-corrected chi connectivity index (χ2v) is 4.18. The van der Waals surface area contributed by atoms with Gasteiger partial charge in [-0.15, -0.1) is 0 Å². The average molecular weight is 247 g/mol. The minimum atomic E-state index is -0.0345. The van der Waals surface area contributed by atoms with Crippen molar-refractivity contribution in [3.63, 3.8) is 0 Å². The molecule has 0 aliphatic carbocycles. The quantitative estimate of drug-likeness (QED) is 0.591. The Bertz CT molecular complexity index is 548. The molecule has 0 radical (unpaired) electrons. The molecule has 96 valence electrons. The molecular formula is C13H17N3O2. The van der Waals surface area contributed by atoms with E-state index in [0.717, 1.165) is 17.4 Å². The molecule has 18 heavy (non-hydrogen) atoms. The van der Waals surface area contributed by atoms with Gasteiger partial charge in [-0.25, -0.2) is 0 Å². The van der Waals surface area contributed by atoms with E-state index in [9.17, 15) is 9.90 Å². The normalized spacial score (nSPS) is 10.7. The van der Waals surface area contributed by atoms with Crippen LogP contribution in [0.25, 0.3) is 10.9 Å². The van der Waals surface area contributed by atoms with Crippen LogP contribution in [0.2, 0.25) is 0 Å². The third kappa shape index (κ3) is 2.62. The summed E-state index contributed by atoms with van der Waals surface area (Å²) in [5, 5.41) is 13.3. The van der Waals surface area contributed by atoms with Gasteiger partial charge < -0.3 is 21.1 Å². The Labute approximate surface area is 105 Å². The molecule has 0 bridgehead atoms. The van der Waals surface area contributed by atoms with E-state index in [1.807, 2.05) is 6.07 Å². The molecule has 0 saturated carbocycles. The van der Waals surface area contributed by atoms with Crippen LogP contribution in [0.5, 0.6) is 5.75 Å². The Morgan fingerprint density at radius 2 is 2.28 bits per heavy atom. The van der Waals surface area contributed by atoms with Crippen LogP contribution in [0.4, 0.5) is 0 Å². The van der Waals surface area contributed by atoms with E-state index in [1.54, 1.807) is 18.3 Å². The topological polar surface area (TPSA) is 91.1 Å². The van der Waals surface area contributed by atoms with Crippen LogP contribution in [-0.4, -0.2) is 29.1 Å². The molecule has 1 amide bonds. The molecular weight excluding hydrogens is 230 g/mol. The number of aromatic nitrogens is 1. The third-order valence-electron chi connectivity index (χ3n) is 2.83. The van der Waals surface area contributed by atoms with Gasteiger partial charge in [-0.3, -0.25) is 4.79 Å². The molecule has 0 aliphatic rings. The van der Waals surface area contributed by atoms with Crippen molar-refractivity contribution in [3.05, 3.63) is 30.0 Å². The lowest BCUT2D eigenvalue weighted by Gasteiger charge is -2.03. The zero-order chi connectivity index (χ0) is 13.0. The number of aromatic hydroxyl groups is 1. The van der Waals surface area contributed by atoms with E-state index in [0.29, 0.717) is 25.0 Å². The number of nitrogens with two attached hydrogens (primary N) is 1. The molecule has 0 unspecified atom stereocenters. The summed E-state index contributed by atoms with van der Waals surface area (Å²) in [6.07, 6.45) is 2.83. The van der Waals surface area contributed by atoms with Gasteiger partial charge >= 0.3 is 0 Å². The number of hydrogen-bond acceptors (Lipinski definition) is 3. The summed E-state index contributed by atoms with van der Waals surface area (Å²) in [4.78, 5) is 14.7. The zero-order valence-corrected chi connectivity index (χ0v) is 10.1. The zero-order valence-electron chi connectivity index (χ0n) is 10.1. The SMILES string of the molecule is NCCCNC(=O)Cc1c[nH]c2c(O)cccc12. The first-order valence-electron chi connectivity index (χ1n) is 5.97. The summed E-state index contributed by atoms with van der Waals surface area (Å²) in [5.41, 5.74) is 6.91. The number of nitrogens with one attached hydrogen (secondary N) is 2. The van der Waals surface area contributed by atoms with Gasteiger partial charge in [-0.1, -0.05) is 12.1 Å². The monoisotopic (exact) mass is 247 g/mol. The number of carbonyl (C=O) groups is 1. The fraction of sp³-hybridized carbons (Fsp3) is 0.308. The number of rotatable bonds is 5. The van der Waals surface area contributed by atoms with Crippen LogP contribution >= 0.6 is 0 Å². The van der Waals surface area contributed by atoms with Crippen molar-refractivity contribution >= 4 is 16.8 Å². The van der Waals surface area contributed by atoms with E-state index in [1.165, 1.54) is 0 Å². The molecule has 0 aliphatic heterocycles. The number of aromatic amines is 1. The lowest BCUT2D eigenvalue weighted by atomic mass is 10.1. The number of phenols is 1. The summed E-state index contributed by atoms with van der Waals surface area (Å²) in [6.45, 7) is 1.17. The second kappa shape index (κ2) is 5.55. The molecule has 5 N–H and O–H groups in total. The Kier molecular flexibility index (Phi) is 3.84. The first kappa shape index (κ1) is 12.4. The number of benzene rings is 1. The maximum atomic E-state index is 11.7. The molecule has 0 saturated heterocycles. The van der Waals surface area contributed by atoms with Crippen LogP contribution in [-0.2, 0) is 11.2 Å². The number of hydrogen-bond donors (Lipinski definition) is 4. The van der Waals surface area contributed by atoms with Crippen LogP contribution in [0.1, 0.15) is 12.0 Å². The van der Waals surface area contributed by atoms with Crippen molar-refractivity contribution in [2.75, 3.05) is 13.1 Å². The van der Waals surface area contributed by atoms with Gasteiger partial charge in [0.25, 0.3) is 0 Å². The number of carbonyl (C=O) groups excluding carboxylic acids is 1. The molecule has 5 nitrogen and oxygen atoms in total. The first-order valence-corrected chi connectivity index (χ1v) is 5.97. The van der Waals surface area contributed by atoms with Gasteiger partial charge in [0, 0.05) is 18.1 Å². The first-order chi connectivity index (χ1) is 8.72. The van der Waals surface area contributed by atoms with Gasteiger partial charge in [0.1, 0.15) is 5.75 Å². The number of amides is 1. The molecule has 5 heteroatoms. The van der Waals surface area contributed by atoms with Gasteiger partial charge in [-0.05, 0) is 24.6 Å². The lowest BCUT2D eigenvalue weighted by Crippen LogP contribution is -2.27. The Morgan fingerprint density at radius 3 is 3.06 bits per heavy atom. The molecule has 0 fully saturated rings.